The van der Waals surface area contributed by atoms with E-state index in [4.69, 9.17) is 0 Å². The Balaban J connectivity index is 1.63. The van der Waals surface area contributed by atoms with Gasteiger partial charge in [-0.2, -0.15) is 0 Å². The first kappa shape index (κ1) is 13.5. The standard InChI is InChI=1S/C16H25N5/c1-19-9-5-15-14(11-19)16(18-12-17-15)21-8-3-7-20-6-2-4-13(20)10-21/h12-13H,2-11H2,1H3. The van der Waals surface area contributed by atoms with E-state index in [-0.39, 0.29) is 0 Å². The molecule has 0 radical (unpaired) electrons. The average Bonchev–Trinajstić information content (AvgIpc) is 2.84. The Labute approximate surface area is 127 Å². The van der Waals surface area contributed by atoms with Crippen molar-refractivity contribution < 1.29 is 0 Å². The van der Waals surface area contributed by atoms with E-state index in [9.17, 15) is 0 Å². The molecule has 0 spiro atoms. The predicted octanol–water partition coefficient (Wildman–Crippen LogP) is 1.14. The van der Waals surface area contributed by atoms with Gasteiger partial charge in [-0.05, 0) is 32.9 Å². The summed E-state index contributed by atoms with van der Waals surface area (Å²) in [7, 11) is 2.20. The van der Waals surface area contributed by atoms with Gasteiger partial charge in [0.2, 0.25) is 0 Å². The minimum absolute atomic E-state index is 0.736. The lowest BCUT2D eigenvalue weighted by Gasteiger charge is -2.31. The Bertz CT molecular complexity index is 517. The Morgan fingerprint density at radius 3 is 2.95 bits per heavy atom. The molecule has 5 nitrogen and oxygen atoms in total. The van der Waals surface area contributed by atoms with Gasteiger partial charge in [0.15, 0.2) is 0 Å². The molecular formula is C16H25N5. The fraction of sp³-hybridized carbons (Fsp3) is 0.750. The number of likely N-dealkylation sites (N-methyl/N-ethyl adjacent to an activating group) is 1. The SMILES string of the molecule is CN1CCc2ncnc(N3CCCN4CCCC4C3)c2C1. The number of anilines is 1. The maximum absolute atomic E-state index is 4.68. The molecule has 1 aromatic heterocycles. The minimum Gasteiger partial charge on any atom is -0.355 e. The Morgan fingerprint density at radius 1 is 1.10 bits per heavy atom. The first-order valence-corrected chi connectivity index (χ1v) is 8.31. The first-order chi connectivity index (χ1) is 10.3. The van der Waals surface area contributed by atoms with Crippen LogP contribution in [0, 0.1) is 0 Å². The normalized spacial score (nSPS) is 27.3. The fourth-order valence-electron chi connectivity index (χ4n) is 4.13. The summed E-state index contributed by atoms with van der Waals surface area (Å²) in [5.74, 6) is 1.21. The van der Waals surface area contributed by atoms with Crippen LogP contribution < -0.4 is 4.90 Å². The van der Waals surface area contributed by atoms with E-state index in [2.05, 4.69) is 31.7 Å². The van der Waals surface area contributed by atoms with Gasteiger partial charge in [0.05, 0.1) is 5.69 Å². The van der Waals surface area contributed by atoms with Crippen molar-refractivity contribution in [1.29, 1.82) is 0 Å². The minimum atomic E-state index is 0.736. The summed E-state index contributed by atoms with van der Waals surface area (Å²) < 4.78 is 0. The van der Waals surface area contributed by atoms with E-state index in [0.717, 1.165) is 38.6 Å². The third-order valence-corrected chi connectivity index (χ3v) is 5.27. The number of aromatic nitrogens is 2. The van der Waals surface area contributed by atoms with Crippen LogP contribution in [0.4, 0.5) is 5.82 Å². The largest absolute Gasteiger partial charge is 0.355 e. The number of hydrogen-bond acceptors (Lipinski definition) is 5. The van der Waals surface area contributed by atoms with Crippen molar-refractivity contribution in [2.24, 2.45) is 0 Å². The Morgan fingerprint density at radius 2 is 2.00 bits per heavy atom. The second kappa shape index (κ2) is 5.54. The van der Waals surface area contributed by atoms with E-state index in [1.165, 1.54) is 49.4 Å². The molecule has 0 aliphatic carbocycles. The number of nitrogens with zero attached hydrogens (tertiary/aromatic N) is 5. The molecule has 0 saturated carbocycles. The molecule has 0 N–H and O–H groups in total. The van der Waals surface area contributed by atoms with Gasteiger partial charge in [-0.3, -0.25) is 4.90 Å². The van der Waals surface area contributed by atoms with Gasteiger partial charge in [-0.25, -0.2) is 9.97 Å². The van der Waals surface area contributed by atoms with Gasteiger partial charge in [0, 0.05) is 50.7 Å². The molecule has 1 unspecified atom stereocenters. The highest BCUT2D eigenvalue weighted by molar-refractivity contribution is 5.50. The van der Waals surface area contributed by atoms with Crippen LogP contribution >= 0.6 is 0 Å². The molecule has 3 aliphatic rings. The lowest BCUT2D eigenvalue weighted by molar-refractivity contribution is 0.272. The molecule has 4 heterocycles. The van der Waals surface area contributed by atoms with Crippen molar-refractivity contribution in [2.45, 2.75) is 38.3 Å². The molecule has 5 heteroatoms. The van der Waals surface area contributed by atoms with Crippen LogP contribution in [0.1, 0.15) is 30.5 Å². The summed E-state index contributed by atoms with van der Waals surface area (Å²) in [6.45, 7) is 6.95. The quantitative estimate of drug-likeness (QED) is 0.774. The van der Waals surface area contributed by atoms with Crippen LogP contribution in [0.3, 0.4) is 0 Å². The van der Waals surface area contributed by atoms with Crippen molar-refractivity contribution >= 4 is 5.82 Å². The van der Waals surface area contributed by atoms with Crippen molar-refractivity contribution in [2.75, 3.05) is 44.7 Å². The maximum atomic E-state index is 4.68. The van der Waals surface area contributed by atoms with Crippen molar-refractivity contribution in [3.8, 4) is 0 Å². The third-order valence-electron chi connectivity index (χ3n) is 5.27. The molecule has 1 aromatic rings. The van der Waals surface area contributed by atoms with Gasteiger partial charge in [-0.15, -0.1) is 0 Å². The molecule has 4 rings (SSSR count). The molecule has 2 fully saturated rings. The molecular weight excluding hydrogens is 262 g/mol. The smallest absolute Gasteiger partial charge is 0.136 e. The fourth-order valence-corrected chi connectivity index (χ4v) is 4.13. The number of fused-ring (bicyclic) bond motifs is 2. The lowest BCUT2D eigenvalue weighted by Crippen LogP contribution is -2.38. The Kier molecular flexibility index (Phi) is 3.55. The monoisotopic (exact) mass is 287 g/mol. The summed E-state index contributed by atoms with van der Waals surface area (Å²) in [5, 5.41) is 0. The highest BCUT2D eigenvalue weighted by atomic mass is 15.3. The van der Waals surface area contributed by atoms with Crippen molar-refractivity contribution in [1.82, 2.24) is 19.8 Å². The van der Waals surface area contributed by atoms with E-state index in [1.807, 2.05) is 0 Å². The summed E-state index contributed by atoms with van der Waals surface area (Å²) in [4.78, 5) is 16.8. The predicted molar refractivity (Wildman–Crippen MR) is 83.5 cm³/mol. The maximum Gasteiger partial charge on any atom is 0.136 e. The molecule has 1 atom stereocenters. The third kappa shape index (κ3) is 2.53. The second-order valence-electron chi connectivity index (χ2n) is 6.74. The van der Waals surface area contributed by atoms with Gasteiger partial charge < -0.3 is 9.80 Å². The summed E-state index contributed by atoms with van der Waals surface area (Å²) in [6.07, 6.45) is 6.81. The summed E-state index contributed by atoms with van der Waals surface area (Å²) >= 11 is 0. The van der Waals surface area contributed by atoms with Crippen LogP contribution in [0.2, 0.25) is 0 Å². The van der Waals surface area contributed by atoms with Crippen molar-refractivity contribution in [3.05, 3.63) is 17.6 Å². The zero-order chi connectivity index (χ0) is 14.2. The molecule has 2 saturated heterocycles. The lowest BCUT2D eigenvalue weighted by atomic mass is 10.1. The topological polar surface area (TPSA) is 35.5 Å². The second-order valence-corrected chi connectivity index (χ2v) is 6.74. The van der Waals surface area contributed by atoms with Gasteiger partial charge >= 0.3 is 0 Å². The van der Waals surface area contributed by atoms with Crippen LogP contribution in [-0.4, -0.2) is 65.6 Å². The molecule has 0 aromatic carbocycles. The highest BCUT2D eigenvalue weighted by Gasteiger charge is 2.31. The zero-order valence-electron chi connectivity index (χ0n) is 13.0. The summed E-state index contributed by atoms with van der Waals surface area (Å²) in [6, 6.07) is 0.736. The van der Waals surface area contributed by atoms with Gasteiger partial charge in [0.25, 0.3) is 0 Å². The van der Waals surface area contributed by atoms with Crippen LogP contribution in [0.15, 0.2) is 6.33 Å². The Hall–Kier alpha value is -1.20. The highest BCUT2D eigenvalue weighted by Crippen LogP contribution is 2.29. The molecule has 114 valence electrons. The van der Waals surface area contributed by atoms with E-state index >= 15 is 0 Å². The van der Waals surface area contributed by atoms with Crippen LogP contribution in [0.25, 0.3) is 0 Å². The summed E-state index contributed by atoms with van der Waals surface area (Å²) in [5.41, 5.74) is 2.64. The molecule has 3 aliphatic heterocycles. The van der Waals surface area contributed by atoms with Gasteiger partial charge in [0.1, 0.15) is 12.1 Å². The van der Waals surface area contributed by atoms with Crippen LogP contribution in [0.5, 0.6) is 0 Å². The number of hydrogen-bond donors (Lipinski definition) is 0. The van der Waals surface area contributed by atoms with E-state index in [0.29, 0.717) is 0 Å². The average molecular weight is 287 g/mol. The van der Waals surface area contributed by atoms with Crippen molar-refractivity contribution in [3.63, 3.8) is 0 Å². The van der Waals surface area contributed by atoms with E-state index in [1.54, 1.807) is 6.33 Å². The van der Waals surface area contributed by atoms with Crippen LogP contribution in [-0.2, 0) is 13.0 Å². The van der Waals surface area contributed by atoms with Gasteiger partial charge in [-0.1, -0.05) is 0 Å². The molecule has 0 amide bonds. The molecule has 21 heavy (non-hydrogen) atoms. The molecule has 0 bridgehead atoms. The first-order valence-electron chi connectivity index (χ1n) is 8.31. The zero-order valence-corrected chi connectivity index (χ0v) is 13.0. The number of rotatable bonds is 1. The van der Waals surface area contributed by atoms with E-state index < -0.39 is 0 Å².